The quantitative estimate of drug-likeness (QED) is 0.312. The van der Waals surface area contributed by atoms with E-state index in [0.29, 0.717) is 11.5 Å². The van der Waals surface area contributed by atoms with Crippen molar-refractivity contribution in [2.75, 3.05) is 0 Å². The van der Waals surface area contributed by atoms with Gasteiger partial charge in [-0.3, -0.25) is 0 Å². The Bertz CT molecular complexity index is 1370. The highest BCUT2D eigenvalue weighted by atomic mass is 16.7. The summed E-state index contributed by atoms with van der Waals surface area (Å²) >= 11 is 0. The summed E-state index contributed by atoms with van der Waals surface area (Å²) < 4.78 is 17.8. The van der Waals surface area contributed by atoms with E-state index in [4.69, 9.17) is 14.2 Å². The van der Waals surface area contributed by atoms with Crippen LogP contribution in [0.15, 0.2) is 109 Å². The third kappa shape index (κ3) is 5.02. The number of aliphatic hydroxyl groups excluding tert-OH is 1. The Morgan fingerprint density at radius 3 is 1.92 bits per heavy atom. The Balaban J connectivity index is 1.36. The minimum absolute atomic E-state index is 0.0415. The van der Waals surface area contributed by atoms with E-state index >= 15 is 0 Å². The fourth-order valence-electron chi connectivity index (χ4n) is 4.28. The molecule has 4 aromatic rings. The van der Waals surface area contributed by atoms with Crippen LogP contribution in [0.4, 0.5) is 4.79 Å². The number of amides is 1. The van der Waals surface area contributed by atoms with Gasteiger partial charge in [-0.1, -0.05) is 97.1 Å². The SMILES string of the molecule is O=C(N[C@H](C(=O)O)[C@H](O)c1ccc2c(c1)OC(c1ccccc1)(c1ccccc1)O2)OCc1ccccc1. The molecule has 0 aromatic heterocycles. The summed E-state index contributed by atoms with van der Waals surface area (Å²) in [6.07, 6.45) is -2.55. The van der Waals surface area contributed by atoms with Gasteiger partial charge in [0, 0.05) is 11.1 Å². The van der Waals surface area contributed by atoms with Crippen molar-refractivity contribution in [2.24, 2.45) is 0 Å². The Morgan fingerprint density at radius 2 is 1.34 bits per heavy atom. The summed E-state index contributed by atoms with van der Waals surface area (Å²) in [5.74, 6) is -1.93. The van der Waals surface area contributed by atoms with Crippen LogP contribution in [0.1, 0.15) is 28.4 Å². The maximum atomic E-state index is 12.3. The minimum Gasteiger partial charge on any atom is -0.480 e. The highest BCUT2D eigenvalue weighted by Crippen LogP contribution is 2.48. The molecule has 3 N–H and O–H groups in total. The van der Waals surface area contributed by atoms with Gasteiger partial charge in [0.15, 0.2) is 17.5 Å². The van der Waals surface area contributed by atoms with Crippen molar-refractivity contribution in [2.45, 2.75) is 24.5 Å². The van der Waals surface area contributed by atoms with Gasteiger partial charge >= 0.3 is 17.8 Å². The number of carbonyl (C=O) groups excluding carboxylic acids is 1. The van der Waals surface area contributed by atoms with Crippen LogP contribution < -0.4 is 14.8 Å². The number of ether oxygens (including phenoxy) is 3. The van der Waals surface area contributed by atoms with Gasteiger partial charge in [0.1, 0.15) is 12.7 Å². The molecule has 0 aliphatic carbocycles. The molecule has 0 unspecified atom stereocenters. The molecule has 8 nitrogen and oxygen atoms in total. The summed E-state index contributed by atoms with van der Waals surface area (Å²) in [6.45, 7) is -0.0415. The molecule has 0 radical (unpaired) electrons. The number of carboxylic acids is 1. The lowest BCUT2D eigenvalue weighted by atomic mass is 9.97. The number of carbonyl (C=O) groups is 2. The molecule has 8 heteroatoms. The number of aliphatic carboxylic acids is 1. The molecule has 0 fully saturated rings. The first-order valence-electron chi connectivity index (χ1n) is 12.0. The zero-order chi connectivity index (χ0) is 26.5. The number of nitrogens with one attached hydrogen (secondary N) is 1. The smallest absolute Gasteiger partial charge is 0.408 e. The van der Waals surface area contributed by atoms with Gasteiger partial charge in [0.25, 0.3) is 0 Å². The molecule has 1 amide bonds. The average molecular weight is 512 g/mol. The van der Waals surface area contributed by atoms with E-state index in [0.717, 1.165) is 16.7 Å². The lowest BCUT2D eigenvalue weighted by Gasteiger charge is -2.28. The summed E-state index contributed by atoms with van der Waals surface area (Å²) in [4.78, 5) is 24.2. The number of hydrogen-bond donors (Lipinski definition) is 3. The Morgan fingerprint density at radius 1 is 0.789 bits per heavy atom. The second-order valence-electron chi connectivity index (χ2n) is 8.73. The largest absolute Gasteiger partial charge is 0.480 e. The first-order chi connectivity index (χ1) is 18.5. The second-order valence-corrected chi connectivity index (χ2v) is 8.73. The predicted octanol–water partition coefficient (Wildman–Crippen LogP) is 4.77. The third-order valence-corrected chi connectivity index (χ3v) is 6.19. The Hall–Kier alpha value is -4.82. The van der Waals surface area contributed by atoms with Crippen LogP contribution in [0.2, 0.25) is 0 Å². The van der Waals surface area contributed by atoms with Gasteiger partial charge in [-0.15, -0.1) is 0 Å². The van der Waals surface area contributed by atoms with E-state index in [1.807, 2.05) is 66.7 Å². The van der Waals surface area contributed by atoms with Gasteiger partial charge in [-0.2, -0.15) is 0 Å². The molecule has 38 heavy (non-hydrogen) atoms. The molecular weight excluding hydrogens is 486 g/mol. The summed E-state index contributed by atoms with van der Waals surface area (Å²) in [7, 11) is 0. The van der Waals surface area contributed by atoms with Crippen LogP contribution in [0.3, 0.4) is 0 Å². The molecular formula is C30H25NO7. The van der Waals surface area contributed by atoms with Gasteiger partial charge in [-0.25, -0.2) is 9.59 Å². The van der Waals surface area contributed by atoms with Crippen molar-refractivity contribution in [3.05, 3.63) is 131 Å². The summed E-state index contributed by atoms with van der Waals surface area (Å²) in [5.41, 5.74) is 2.48. The molecule has 0 saturated heterocycles. The normalized spacial score (nSPS) is 14.8. The van der Waals surface area contributed by atoms with Crippen LogP contribution in [-0.4, -0.2) is 28.3 Å². The molecule has 0 bridgehead atoms. The zero-order valence-electron chi connectivity index (χ0n) is 20.2. The number of benzene rings is 4. The van der Waals surface area contributed by atoms with Crippen molar-refractivity contribution in [1.29, 1.82) is 0 Å². The predicted molar refractivity (Wildman–Crippen MR) is 138 cm³/mol. The molecule has 0 saturated carbocycles. The molecule has 5 rings (SSSR count). The van der Waals surface area contributed by atoms with Gasteiger partial charge < -0.3 is 29.7 Å². The zero-order valence-corrected chi connectivity index (χ0v) is 20.2. The lowest BCUT2D eigenvalue weighted by molar-refractivity contribution is -0.142. The minimum atomic E-state index is -1.66. The van der Waals surface area contributed by atoms with Crippen LogP contribution in [0.25, 0.3) is 0 Å². The van der Waals surface area contributed by atoms with E-state index in [1.165, 1.54) is 12.1 Å². The topological polar surface area (TPSA) is 114 Å². The number of aliphatic hydroxyl groups is 1. The van der Waals surface area contributed by atoms with Crippen molar-refractivity contribution >= 4 is 12.1 Å². The van der Waals surface area contributed by atoms with Crippen molar-refractivity contribution in [1.82, 2.24) is 5.32 Å². The standard InChI is InChI=1S/C30H25NO7/c32-27(26(28(33)34)31-29(35)36-19-20-10-4-1-5-11-20)21-16-17-24-25(18-21)38-30(37-24,22-12-6-2-7-13-22)23-14-8-3-9-15-23/h1-18,26-27,32H,19H2,(H,31,35)(H,33,34)/t26-,27+/m0/s1. The average Bonchev–Trinajstić information content (AvgIpc) is 3.36. The van der Waals surface area contributed by atoms with E-state index < -0.39 is 30.0 Å². The number of carboxylic acid groups (broad SMARTS) is 1. The van der Waals surface area contributed by atoms with Crippen LogP contribution in [0.5, 0.6) is 11.5 Å². The maximum Gasteiger partial charge on any atom is 0.408 e. The molecule has 1 aliphatic rings. The Labute approximate surface area is 219 Å². The van der Waals surface area contributed by atoms with E-state index in [1.54, 1.807) is 30.3 Å². The molecule has 1 heterocycles. The second kappa shape index (κ2) is 10.7. The van der Waals surface area contributed by atoms with Crippen LogP contribution in [0, 0.1) is 0 Å². The fraction of sp³-hybridized carbons (Fsp3) is 0.133. The summed E-state index contributed by atoms with van der Waals surface area (Å²) in [6, 6.07) is 30.8. The van der Waals surface area contributed by atoms with E-state index in [9.17, 15) is 19.8 Å². The third-order valence-electron chi connectivity index (χ3n) is 6.19. The highest BCUT2D eigenvalue weighted by Gasteiger charge is 2.45. The number of fused-ring (bicyclic) bond motifs is 1. The summed E-state index contributed by atoms with van der Waals surface area (Å²) in [5, 5.41) is 22.9. The van der Waals surface area contributed by atoms with Gasteiger partial charge in [0.2, 0.25) is 0 Å². The highest BCUT2D eigenvalue weighted by molar-refractivity contribution is 5.80. The molecule has 4 aromatic carbocycles. The number of alkyl carbamates (subject to hydrolysis) is 1. The fourth-order valence-corrected chi connectivity index (χ4v) is 4.28. The van der Waals surface area contributed by atoms with Crippen LogP contribution >= 0.6 is 0 Å². The molecule has 2 atom stereocenters. The van der Waals surface area contributed by atoms with E-state index in [-0.39, 0.29) is 12.2 Å². The molecule has 1 aliphatic heterocycles. The first kappa shape index (κ1) is 24.9. The van der Waals surface area contributed by atoms with Crippen molar-refractivity contribution in [3.8, 4) is 11.5 Å². The van der Waals surface area contributed by atoms with Gasteiger partial charge in [0.05, 0.1) is 0 Å². The van der Waals surface area contributed by atoms with Crippen LogP contribution in [-0.2, 0) is 21.9 Å². The lowest BCUT2D eigenvalue weighted by Crippen LogP contribution is -2.45. The monoisotopic (exact) mass is 511 g/mol. The number of rotatable bonds is 8. The first-order valence-corrected chi connectivity index (χ1v) is 12.0. The van der Waals surface area contributed by atoms with Gasteiger partial charge in [-0.05, 0) is 23.3 Å². The maximum absolute atomic E-state index is 12.3. The molecule has 0 spiro atoms. The number of hydrogen-bond acceptors (Lipinski definition) is 6. The van der Waals surface area contributed by atoms with E-state index in [2.05, 4.69) is 5.32 Å². The Kier molecular flexibility index (Phi) is 6.97. The molecule has 192 valence electrons. The van der Waals surface area contributed by atoms with Crippen molar-refractivity contribution < 1.29 is 34.0 Å². The van der Waals surface area contributed by atoms with Crippen molar-refractivity contribution in [3.63, 3.8) is 0 Å².